The lowest BCUT2D eigenvalue weighted by molar-refractivity contribution is -0.137. The number of allylic oxidation sites excluding steroid dienone is 6. The van der Waals surface area contributed by atoms with Gasteiger partial charge < -0.3 is 15.4 Å². The quantitative estimate of drug-likeness (QED) is 0.110. The zero-order chi connectivity index (χ0) is 31.4. The highest BCUT2D eigenvalue weighted by atomic mass is 35.5. The number of nitrogens with one attached hydrogen (secondary N) is 2. The second-order valence-corrected chi connectivity index (χ2v) is 10.0. The number of anilines is 1. The Bertz CT molecular complexity index is 1460. The van der Waals surface area contributed by atoms with Crippen LogP contribution in [0.3, 0.4) is 0 Å². The number of carbonyl (C=O) groups excluding carboxylic acids is 2. The van der Waals surface area contributed by atoms with Gasteiger partial charge in [-0.1, -0.05) is 43.3 Å². The van der Waals surface area contributed by atoms with Crippen molar-refractivity contribution in [3.05, 3.63) is 99.0 Å². The average Bonchev–Trinajstić information content (AvgIpc) is 3.44. The molecule has 0 radical (unpaired) electrons. The fraction of sp³-hybridized carbons (Fsp3) is 0.276. The average molecular weight is 622 g/mol. The van der Waals surface area contributed by atoms with Gasteiger partial charge in [0.1, 0.15) is 21.5 Å². The first kappa shape index (κ1) is 34.2. The molecule has 0 fully saturated rings. The maximum absolute atomic E-state index is 13.1. The van der Waals surface area contributed by atoms with Crippen LogP contribution >= 0.6 is 22.9 Å². The molecule has 0 bridgehead atoms. The number of ether oxygens (including phenoxy) is 1. The largest absolute Gasteiger partial charge is 0.496 e. The molecule has 0 aromatic carbocycles. The van der Waals surface area contributed by atoms with Gasteiger partial charge in [-0.25, -0.2) is 9.97 Å². The van der Waals surface area contributed by atoms with E-state index >= 15 is 0 Å². The van der Waals surface area contributed by atoms with Crippen molar-refractivity contribution >= 4 is 46.3 Å². The topological polar surface area (TPSA) is 106 Å². The minimum atomic E-state index is -4.71. The molecule has 0 aliphatic rings. The molecule has 2 aromatic heterocycles. The van der Waals surface area contributed by atoms with Crippen LogP contribution in [-0.4, -0.2) is 34.6 Å². The highest BCUT2D eigenvalue weighted by molar-refractivity contribution is 7.13. The zero-order valence-corrected chi connectivity index (χ0v) is 25.2. The molecule has 0 aliphatic carbocycles. The molecule has 2 amide bonds. The summed E-state index contributed by atoms with van der Waals surface area (Å²) < 4.78 is 44.8. The Kier molecular flexibility index (Phi) is 12.9. The van der Waals surface area contributed by atoms with Crippen molar-refractivity contribution in [3.8, 4) is 0 Å². The third-order valence-electron chi connectivity index (χ3n) is 5.42. The predicted octanol–water partition coefficient (Wildman–Crippen LogP) is 7.61. The van der Waals surface area contributed by atoms with Crippen LogP contribution in [0.2, 0.25) is 5.02 Å². The van der Waals surface area contributed by atoms with Gasteiger partial charge in [0.25, 0.3) is 5.91 Å². The van der Waals surface area contributed by atoms with Crippen molar-refractivity contribution in [3.63, 3.8) is 0 Å². The molecule has 0 saturated heterocycles. The van der Waals surface area contributed by atoms with Crippen LogP contribution in [0.5, 0.6) is 0 Å². The number of hydrogen-bond donors (Lipinski definition) is 2. The van der Waals surface area contributed by atoms with Crippen molar-refractivity contribution in [1.29, 1.82) is 0 Å². The summed E-state index contributed by atoms with van der Waals surface area (Å²) >= 11 is 6.55. The summed E-state index contributed by atoms with van der Waals surface area (Å²) in [4.78, 5) is 38.2. The van der Waals surface area contributed by atoms with E-state index in [0.29, 0.717) is 33.7 Å². The molecule has 1 unspecified atom stereocenters. The SMILES string of the molecule is C=C/C(C(/C=C(\C)C(=O)NC(C)c1ncc(C(=O)Nc2cc(C(F)(F)F)c(Cl)cn2)s1)=N/C=C/CC)=C(\C=C/C)OC. The number of amides is 2. The summed E-state index contributed by atoms with van der Waals surface area (Å²) in [6, 6.07) is 0.0573. The number of thiazole rings is 1. The van der Waals surface area contributed by atoms with Crippen LogP contribution in [-0.2, 0) is 15.7 Å². The fourth-order valence-electron chi connectivity index (χ4n) is 3.31. The number of carbonyl (C=O) groups is 2. The van der Waals surface area contributed by atoms with Crippen LogP contribution in [0.15, 0.2) is 83.5 Å². The minimum absolute atomic E-state index is 0.109. The highest BCUT2D eigenvalue weighted by Crippen LogP contribution is 2.35. The van der Waals surface area contributed by atoms with Crippen molar-refractivity contribution in [2.75, 3.05) is 12.4 Å². The molecule has 8 nitrogen and oxygen atoms in total. The summed E-state index contributed by atoms with van der Waals surface area (Å²) in [5, 5.41) is 4.95. The highest BCUT2D eigenvalue weighted by Gasteiger charge is 2.34. The smallest absolute Gasteiger partial charge is 0.418 e. The van der Waals surface area contributed by atoms with E-state index in [4.69, 9.17) is 16.3 Å². The van der Waals surface area contributed by atoms with Gasteiger partial charge in [-0.15, -0.1) is 11.3 Å². The van der Waals surface area contributed by atoms with E-state index in [9.17, 15) is 22.8 Å². The fourth-order valence-corrected chi connectivity index (χ4v) is 4.34. The van der Waals surface area contributed by atoms with Gasteiger partial charge in [0, 0.05) is 23.5 Å². The number of aliphatic imine (C=N–C) groups is 1. The maximum Gasteiger partial charge on any atom is 0.418 e. The maximum atomic E-state index is 13.1. The van der Waals surface area contributed by atoms with Gasteiger partial charge in [0.2, 0.25) is 5.91 Å². The van der Waals surface area contributed by atoms with Crippen LogP contribution in [0.1, 0.15) is 60.4 Å². The molecular formula is C29H31ClF3N5O3S. The molecule has 224 valence electrons. The molecular weight excluding hydrogens is 591 g/mol. The molecule has 2 rings (SSSR count). The van der Waals surface area contributed by atoms with Crippen molar-refractivity contribution in [2.45, 2.75) is 46.3 Å². The Morgan fingerprint density at radius 1 is 1.29 bits per heavy atom. The van der Waals surface area contributed by atoms with Gasteiger partial charge in [-0.3, -0.25) is 14.6 Å². The number of methoxy groups -OCH3 is 1. The van der Waals surface area contributed by atoms with Crippen LogP contribution < -0.4 is 10.6 Å². The second-order valence-electron chi connectivity index (χ2n) is 8.58. The van der Waals surface area contributed by atoms with Crippen molar-refractivity contribution in [2.24, 2.45) is 4.99 Å². The standard InChI is InChI=1S/C29H31ClF3N5O3S/c1-7-10-12-34-22(19(9-3)23(41-6)11-8-2)13-17(4)26(39)37-18(5)28-36-16-24(42-28)27(40)38-25-14-20(29(31,32)33)21(30)15-35-25/h8-16,18H,3,7H2,1-2,4-6H3,(H,37,39)(H,35,38,40)/b11-8-,12-10+,17-13+,23-19-,34-22+. The van der Waals surface area contributed by atoms with E-state index in [1.807, 2.05) is 19.9 Å². The molecule has 42 heavy (non-hydrogen) atoms. The number of aromatic nitrogens is 2. The van der Waals surface area contributed by atoms with Crippen molar-refractivity contribution in [1.82, 2.24) is 15.3 Å². The molecule has 2 heterocycles. The molecule has 1 atom stereocenters. The monoisotopic (exact) mass is 621 g/mol. The van der Waals surface area contributed by atoms with Gasteiger partial charge >= 0.3 is 6.18 Å². The predicted molar refractivity (Wildman–Crippen MR) is 161 cm³/mol. The molecule has 2 aromatic rings. The molecule has 0 saturated carbocycles. The lowest BCUT2D eigenvalue weighted by atomic mass is 10.1. The second kappa shape index (κ2) is 15.8. The Morgan fingerprint density at radius 2 is 2.00 bits per heavy atom. The number of nitrogens with zero attached hydrogens (tertiary/aromatic N) is 3. The van der Waals surface area contributed by atoms with Crippen LogP contribution in [0, 0.1) is 0 Å². The van der Waals surface area contributed by atoms with Crippen molar-refractivity contribution < 1.29 is 27.5 Å². The van der Waals surface area contributed by atoms with Gasteiger partial charge in [-0.05, 0) is 45.4 Å². The van der Waals surface area contributed by atoms with Gasteiger partial charge in [0.05, 0.1) is 35.6 Å². The van der Waals surface area contributed by atoms with E-state index in [0.717, 1.165) is 24.0 Å². The van der Waals surface area contributed by atoms with E-state index < -0.39 is 34.6 Å². The number of rotatable bonds is 12. The number of halogens is 4. The normalized spacial score (nSPS) is 14.1. The minimum Gasteiger partial charge on any atom is -0.496 e. The Hall–Kier alpha value is -4.03. The zero-order valence-electron chi connectivity index (χ0n) is 23.7. The summed E-state index contributed by atoms with van der Waals surface area (Å²) in [5.74, 6) is -0.921. The summed E-state index contributed by atoms with van der Waals surface area (Å²) in [6.07, 6.45) is 8.40. The number of pyridine rings is 1. The molecule has 2 N–H and O–H groups in total. The number of alkyl halides is 3. The first-order valence-electron chi connectivity index (χ1n) is 12.6. The van der Waals surface area contributed by atoms with Gasteiger partial charge in [-0.2, -0.15) is 13.2 Å². The molecule has 0 aliphatic heterocycles. The lowest BCUT2D eigenvalue weighted by Crippen LogP contribution is -2.27. The Labute approximate surface area is 251 Å². The van der Waals surface area contributed by atoms with E-state index in [1.54, 1.807) is 44.4 Å². The first-order valence-corrected chi connectivity index (χ1v) is 13.8. The Morgan fingerprint density at radius 3 is 2.60 bits per heavy atom. The lowest BCUT2D eigenvalue weighted by Gasteiger charge is -2.13. The summed E-state index contributed by atoms with van der Waals surface area (Å²) in [6.45, 7) is 11.0. The third-order valence-corrected chi connectivity index (χ3v) is 6.90. The summed E-state index contributed by atoms with van der Waals surface area (Å²) in [5.41, 5.74) is 0.265. The number of hydrogen-bond acceptors (Lipinski definition) is 7. The van der Waals surface area contributed by atoms with Crippen LogP contribution in [0.25, 0.3) is 0 Å². The third kappa shape index (κ3) is 9.52. The molecule has 0 spiro atoms. The first-order chi connectivity index (χ1) is 19.9. The molecule has 13 heteroatoms. The van der Waals surface area contributed by atoms with Gasteiger partial charge in [0.15, 0.2) is 0 Å². The van der Waals surface area contributed by atoms with E-state index in [1.165, 1.54) is 13.3 Å². The van der Waals surface area contributed by atoms with Crippen LogP contribution in [0.4, 0.5) is 19.0 Å². The van der Waals surface area contributed by atoms with E-state index in [2.05, 4.69) is 32.2 Å². The van der Waals surface area contributed by atoms with E-state index in [-0.39, 0.29) is 10.7 Å². The summed E-state index contributed by atoms with van der Waals surface area (Å²) in [7, 11) is 1.53. The Balaban J connectivity index is 2.23.